The van der Waals surface area contributed by atoms with Gasteiger partial charge >= 0.3 is 88.8 Å². The van der Waals surface area contributed by atoms with Crippen molar-refractivity contribution in [1.29, 1.82) is 0 Å². The number of ether oxygens (including phenoxy) is 1. The van der Waals surface area contributed by atoms with Crippen LogP contribution >= 0.6 is 0 Å². The van der Waals surface area contributed by atoms with Crippen molar-refractivity contribution in [2.75, 3.05) is 7.11 Å². The van der Waals surface area contributed by atoms with E-state index in [1.165, 1.54) is 0 Å². The topological polar surface area (TPSA) is 26.3 Å². The number of hydrogen-bond acceptors (Lipinski definition) is 2. The summed E-state index contributed by atoms with van der Waals surface area (Å²) in [5.41, 5.74) is 1.17. The molecule has 1 aliphatic rings. The first-order valence-electron chi connectivity index (χ1n) is 3.84. The number of allylic oxidation sites excluding steroid dienone is 1. The van der Waals surface area contributed by atoms with Gasteiger partial charge in [0.2, 0.25) is 0 Å². The maximum atomic E-state index is 11.5. The SMILES string of the molecule is COC1(C)C=C(C)C(=O)/C1=[CH]\[Hg]. The Hall–Kier alpha value is 0.0451. The van der Waals surface area contributed by atoms with Crippen LogP contribution in [0.5, 0.6) is 0 Å². The third-order valence-electron chi connectivity index (χ3n) is 2.26. The van der Waals surface area contributed by atoms with Crippen LogP contribution < -0.4 is 0 Å². The summed E-state index contributed by atoms with van der Waals surface area (Å²) in [6.45, 7) is 3.77. The zero-order valence-electron chi connectivity index (χ0n) is 7.68. The second-order valence-corrected chi connectivity index (χ2v) is 4.67. The van der Waals surface area contributed by atoms with Crippen molar-refractivity contribution in [3.63, 3.8) is 0 Å². The molecule has 2 nitrogen and oxygen atoms in total. The molecule has 3 heteroatoms. The van der Waals surface area contributed by atoms with E-state index >= 15 is 0 Å². The monoisotopic (exact) mass is 353 g/mol. The minimum atomic E-state index is -0.455. The van der Waals surface area contributed by atoms with Gasteiger partial charge in [0.1, 0.15) is 0 Å². The molecule has 0 spiro atoms. The van der Waals surface area contributed by atoms with Gasteiger partial charge in [-0.1, -0.05) is 0 Å². The quantitative estimate of drug-likeness (QED) is 0.526. The predicted molar refractivity (Wildman–Crippen MR) is 42.3 cm³/mol. The van der Waals surface area contributed by atoms with Gasteiger partial charge in [0.25, 0.3) is 0 Å². The van der Waals surface area contributed by atoms with Crippen LogP contribution in [0.3, 0.4) is 0 Å². The molecular formula is C9H11HgO2. The molecular weight excluding hydrogens is 341 g/mol. The molecule has 0 N–H and O–H groups in total. The molecule has 0 aromatic rings. The van der Waals surface area contributed by atoms with Crippen LogP contribution in [-0.2, 0) is 35.7 Å². The molecule has 1 aliphatic carbocycles. The number of methoxy groups -OCH3 is 1. The Morgan fingerprint density at radius 3 is 2.58 bits per heavy atom. The first kappa shape index (κ1) is 10.1. The van der Waals surface area contributed by atoms with E-state index in [9.17, 15) is 4.79 Å². The molecule has 0 radical (unpaired) electrons. The Labute approximate surface area is 88.6 Å². The zero-order chi connectivity index (χ0) is 9.35. The molecule has 0 fully saturated rings. The van der Waals surface area contributed by atoms with Gasteiger partial charge in [0.15, 0.2) is 0 Å². The van der Waals surface area contributed by atoms with Crippen LogP contribution in [-0.4, -0.2) is 18.5 Å². The molecule has 0 heterocycles. The van der Waals surface area contributed by atoms with Crippen LogP contribution in [0, 0.1) is 0 Å². The summed E-state index contributed by atoms with van der Waals surface area (Å²) in [6, 6.07) is 0. The third kappa shape index (κ3) is 1.42. The van der Waals surface area contributed by atoms with E-state index in [2.05, 4.69) is 0 Å². The van der Waals surface area contributed by atoms with Gasteiger partial charge < -0.3 is 0 Å². The number of rotatable bonds is 1. The van der Waals surface area contributed by atoms with Crippen LogP contribution in [0.25, 0.3) is 0 Å². The van der Waals surface area contributed by atoms with Crippen LogP contribution in [0.1, 0.15) is 13.8 Å². The summed E-state index contributed by atoms with van der Waals surface area (Å²) in [5.74, 6) is 0.148. The average molecular weight is 352 g/mol. The molecule has 1 unspecified atom stereocenters. The molecule has 0 aromatic carbocycles. The Bertz CT molecular complexity index is 278. The summed E-state index contributed by atoms with van der Waals surface area (Å²) in [6.07, 6.45) is 1.90. The van der Waals surface area contributed by atoms with Gasteiger partial charge in [-0.25, -0.2) is 0 Å². The van der Waals surface area contributed by atoms with Crippen molar-refractivity contribution in [3.8, 4) is 0 Å². The van der Waals surface area contributed by atoms with E-state index < -0.39 is 5.60 Å². The minimum absolute atomic E-state index is 0.148. The number of Topliss-reactive ketones (excluding diaryl/α,β-unsaturated/α-hetero) is 1. The van der Waals surface area contributed by atoms with E-state index in [-0.39, 0.29) is 5.78 Å². The average Bonchev–Trinajstić information content (AvgIpc) is 2.25. The van der Waals surface area contributed by atoms with Gasteiger partial charge in [0, 0.05) is 0 Å². The molecule has 0 aromatic heterocycles. The molecule has 0 bridgehead atoms. The second kappa shape index (κ2) is 3.42. The first-order chi connectivity index (χ1) is 5.55. The summed E-state index contributed by atoms with van der Waals surface area (Å²) < 4.78 is 7.32. The standard InChI is InChI=1S/C9H11O2.Hg/c1-6-5-9(3,11-4)7(2)8(6)10;/h2,5H,1,3-4H3;. The molecule has 0 aliphatic heterocycles. The van der Waals surface area contributed by atoms with Gasteiger partial charge in [-0.3, -0.25) is 0 Å². The van der Waals surface area contributed by atoms with Crippen molar-refractivity contribution in [3.05, 3.63) is 20.8 Å². The van der Waals surface area contributed by atoms with E-state index in [1.54, 1.807) is 7.11 Å². The normalized spacial score (nSPS) is 32.9. The second-order valence-electron chi connectivity index (χ2n) is 3.09. The summed E-state index contributed by atoms with van der Waals surface area (Å²) in [7, 11) is 1.64. The van der Waals surface area contributed by atoms with E-state index in [4.69, 9.17) is 4.74 Å². The van der Waals surface area contributed by atoms with Gasteiger partial charge in [0.05, 0.1) is 0 Å². The Morgan fingerprint density at radius 2 is 2.25 bits per heavy atom. The number of carbonyl (C=O) groups excluding carboxylic acids is 1. The van der Waals surface area contributed by atoms with Crippen molar-refractivity contribution >= 4 is 5.78 Å². The Balaban J connectivity index is 3.15. The Morgan fingerprint density at radius 1 is 1.67 bits per heavy atom. The van der Waals surface area contributed by atoms with Crippen molar-refractivity contribution < 1.29 is 35.7 Å². The molecule has 0 saturated carbocycles. The Kier molecular flexibility index (Phi) is 2.89. The van der Waals surface area contributed by atoms with Crippen molar-refractivity contribution in [2.45, 2.75) is 19.4 Å². The number of carbonyl (C=O) groups is 1. The fourth-order valence-corrected chi connectivity index (χ4v) is 3.75. The van der Waals surface area contributed by atoms with Gasteiger partial charge in [-0.15, -0.1) is 0 Å². The van der Waals surface area contributed by atoms with Crippen LogP contribution in [0.4, 0.5) is 0 Å². The molecule has 0 saturated heterocycles. The van der Waals surface area contributed by atoms with Crippen molar-refractivity contribution in [2.24, 2.45) is 0 Å². The van der Waals surface area contributed by atoms with Crippen molar-refractivity contribution in [1.82, 2.24) is 0 Å². The summed E-state index contributed by atoms with van der Waals surface area (Å²) in [4.78, 5) is 11.5. The molecule has 0 amide bonds. The molecule has 1 atom stereocenters. The zero-order valence-corrected chi connectivity index (χ0v) is 13.2. The fourth-order valence-electron chi connectivity index (χ4n) is 1.46. The molecule has 12 heavy (non-hydrogen) atoms. The predicted octanol–water partition coefficient (Wildman–Crippen LogP) is 1.35. The molecule has 61 valence electrons. The summed E-state index contributed by atoms with van der Waals surface area (Å²) in [5, 5.41) is 0. The van der Waals surface area contributed by atoms with E-state index in [0.29, 0.717) is 26.1 Å². The van der Waals surface area contributed by atoms with E-state index in [1.807, 2.05) is 23.5 Å². The number of hydrogen-bond donors (Lipinski definition) is 0. The van der Waals surface area contributed by atoms with Gasteiger partial charge in [-0.05, 0) is 0 Å². The van der Waals surface area contributed by atoms with Crippen LogP contribution in [0.15, 0.2) is 20.8 Å². The van der Waals surface area contributed by atoms with E-state index in [0.717, 1.165) is 11.1 Å². The maximum absolute atomic E-state index is 11.5. The van der Waals surface area contributed by atoms with Gasteiger partial charge in [-0.2, -0.15) is 0 Å². The summed E-state index contributed by atoms with van der Waals surface area (Å²) >= 11 is 0.503. The fraction of sp³-hybridized carbons (Fsp3) is 0.444. The van der Waals surface area contributed by atoms with Crippen LogP contribution in [0.2, 0.25) is 0 Å². The third-order valence-corrected chi connectivity index (χ3v) is 3.84. The number of ketones is 1. The molecule has 1 rings (SSSR count). The first-order valence-corrected chi connectivity index (χ1v) is 7.01.